The highest BCUT2D eigenvalue weighted by molar-refractivity contribution is 5.98. The van der Waals surface area contributed by atoms with Crippen LogP contribution in [0.4, 0.5) is 0 Å². The molecule has 0 amide bonds. The monoisotopic (exact) mass is 335 g/mol. The first-order valence-electron chi connectivity index (χ1n) is 8.38. The van der Waals surface area contributed by atoms with Crippen molar-refractivity contribution in [1.82, 2.24) is 14.8 Å². The van der Waals surface area contributed by atoms with Crippen LogP contribution in [0.1, 0.15) is 34.8 Å². The van der Waals surface area contributed by atoms with Gasteiger partial charge >= 0.3 is 6.01 Å². The first kappa shape index (κ1) is 16.9. The zero-order valence-electron chi connectivity index (χ0n) is 14.7. The first-order valence-corrected chi connectivity index (χ1v) is 8.38. The molecule has 3 rings (SSSR count). The Labute approximate surface area is 147 Å². The van der Waals surface area contributed by atoms with Crippen molar-refractivity contribution in [3.05, 3.63) is 65.2 Å². The van der Waals surface area contributed by atoms with Crippen LogP contribution >= 0.6 is 0 Å². The normalized spacial score (nSPS) is 10.7. The fraction of sp³-hybridized carbons (Fsp3) is 0.250. The van der Waals surface area contributed by atoms with Crippen molar-refractivity contribution < 1.29 is 9.53 Å². The second kappa shape index (κ2) is 7.30. The number of carbonyl (C=O) groups is 1. The van der Waals surface area contributed by atoms with Crippen LogP contribution in [-0.4, -0.2) is 27.3 Å². The summed E-state index contributed by atoms with van der Waals surface area (Å²) >= 11 is 0. The van der Waals surface area contributed by atoms with E-state index in [4.69, 9.17) is 4.74 Å². The van der Waals surface area contributed by atoms with Gasteiger partial charge in [-0.1, -0.05) is 49.4 Å². The summed E-state index contributed by atoms with van der Waals surface area (Å²) in [6.45, 7) is 6.42. The van der Waals surface area contributed by atoms with E-state index >= 15 is 0 Å². The fourth-order valence-electron chi connectivity index (χ4n) is 2.61. The van der Waals surface area contributed by atoms with Gasteiger partial charge in [-0.25, -0.2) is 0 Å². The number of rotatable bonds is 5. The molecule has 0 fully saturated rings. The number of carbonyl (C=O) groups excluding carboxylic acids is 1. The van der Waals surface area contributed by atoms with Crippen LogP contribution in [0.25, 0.3) is 11.4 Å². The van der Waals surface area contributed by atoms with Gasteiger partial charge < -0.3 is 4.74 Å². The van der Waals surface area contributed by atoms with Crippen LogP contribution in [0.5, 0.6) is 6.01 Å². The lowest BCUT2D eigenvalue weighted by Gasteiger charge is -2.08. The highest BCUT2D eigenvalue weighted by Gasteiger charge is 2.21. The van der Waals surface area contributed by atoms with Gasteiger partial charge in [0.15, 0.2) is 5.82 Å². The second-order valence-corrected chi connectivity index (χ2v) is 5.91. The number of hydrogen-bond donors (Lipinski definition) is 0. The van der Waals surface area contributed by atoms with Gasteiger partial charge in [-0.15, -0.1) is 5.10 Å². The largest absolute Gasteiger partial charge is 0.462 e. The smallest absolute Gasteiger partial charge is 0.336 e. The fourth-order valence-corrected chi connectivity index (χ4v) is 2.61. The second-order valence-electron chi connectivity index (χ2n) is 5.91. The Hall–Kier alpha value is -2.95. The van der Waals surface area contributed by atoms with E-state index < -0.39 is 0 Å². The standard InChI is InChI=1S/C20H21N3O2/c1-4-13-25-20-21-18(16-11-7-5-9-14(16)2)23(22-20)19(24)17-12-8-6-10-15(17)3/h5-12H,4,13H2,1-3H3. The summed E-state index contributed by atoms with van der Waals surface area (Å²) in [4.78, 5) is 17.5. The summed E-state index contributed by atoms with van der Waals surface area (Å²) in [6.07, 6.45) is 0.847. The number of aromatic nitrogens is 3. The Balaban J connectivity index is 2.11. The Kier molecular flexibility index (Phi) is 4.93. The molecule has 0 aliphatic heterocycles. The summed E-state index contributed by atoms with van der Waals surface area (Å²) in [5.74, 6) is 0.285. The SMILES string of the molecule is CCCOc1nc(-c2ccccc2C)n(C(=O)c2ccccc2C)n1. The van der Waals surface area contributed by atoms with Crippen LogP contribution in [0.3, 0.4) is 0 Å². The minimum Gasteiger partial charge on any atom is -0.462 e. The maximum atomic E-state index is 13.1. The molecular weight excluding hydrogens is 314 g/mol. The number of nitrogens with zero attached hydrogens (tertiary/aromatic N) is 3. The predicted molar refractivity (Wildman–Crippen MR) is 96.9 cm³/mol. The van der Waals surface area contributed by atoms with E-state index in [1.165, 1.54) is 4.68 Å². The van der Waals surface area contributed by atoms with Crippen molar-refractivity contribution in [1.29, 1.82) is 0 Å². The molecule has 0 saturated carbocycles. The van der Waals surface area contributed by atoms with Crippen LogP contribution in [0.2, 0.25) is 0 Å². The molecule has 0 spiro atoms. The minimum atomic E-state index is -0.213. The molecule has 128 valence electrons. The van der Waals surface area contributed by atoms with Crippen LogP contribution in [0, 0.1) is 13.8 Å². The Morgan fingerprint density at radius 2 is 1.72 bits per heavy atom. The molecule has 0 saturated heterocycles. The lowest BCUT2D eigenvalue weighted by atomic mass is 10.1. The van der Waals surface area contributed by atoms with Crippen molar-refractivity contribution >= 4 is 5.91 Å². The lowest BCUT2D eigenvalue weighted by Crippen LogP contribution is -2.16. The molecule has 2 aromatic carbocycles. The number of benzene rings is 2. The van der Waals surface area contributed by atoms with Gasteiger partial charge in [0.05, 0.1) is 6.61 Å². The predicted octanol–water partition coefficient (Wildman–Crippen LogP) is 4.04. The number of hydrogen-bond acceptors (Lipinski definition) is 4. The average Bonchev–Trinajstić information content (AvgIpc) is 3.04. The number of ether oxygens (including phenoxy) is 1. The highest BCUT2D eigenvalue weighted by atomic mass is 16.5. The van der Waals surface area contributed by atoms with Gasteiger partial charge in [0, 0.05) is 11.1 Å². The molecule has 5 heteroatoms. The van der Waals surface area contributed by atoms with Crippen molar-refractivity contribution in [3.63, 3.8) is 0 Å². The van der Waals surface area contributed by atoms with E-state index in [1.54, 1.807) is 6.07 Å². The van der Waals surface area contributed by atoms with Gasteiger partial charge in [0.1, 0.15) is 0 Å². The van der Waals surface area contributed by atoms with E-state index in [0.29, 0.717) is 18.0 Å². The average molecular weight is 335 g/mol. The zero-order valence-corrected chi connectivity index (χ0v) is 14.7. The van der Waals surface area contributed by atoms with Crippen LogP contribution < -0.4 is 4.74 Å². The first-order chi connectivity index (χ1) is 12.1. The van der Waals surface area contributed by atoms with Crippen LogP contribution in [-0.2, 0) is 0 Å². The third-order valence-electron chi connectivity index (χ3n) is 3.98. The molecule has 0 atom stereocenters. The molecule has 0 aliphatic rings. The van der Waals surface area contributed by atoms with E-state index in [2.05, 4.69) is 10.1 Å². The summed E-state index contributed by atoms with van der Waals surface area (Å²) in [6, 6.07) is 15.5. The quantitative estimate of drug-likeness (QED) is 0.706. The molecule has 0 radical (unpaired) electrons. The summed E-state index contributed by atoms with van der Waals surface area (Å²) in [7, 11) is 0. The molecule has 3 aromatic rings. The molecule has 0 aliphatic carbocycles. The van der Waals surface area contributed by atoms with Gasteiger partial charge in [0.2, 0.25) is 0 Å². The molecular formula is C20H21N3O2. The molecule has 1 aromatic heterocycles. The highest BCUT2D eigenvalue weighted by Crippen LogP contribution is 2.24. The van der Waals surface area contributed by atoms with Crippen LogP contribution in [0.15, 0.2) is 48.5 Å². The minimum absolute atomic E-state index is 0.213. The molecule has 0 unspecified atom stereocenters. The molecule has 0 bridgehead atoms. The Bertz CT molecular complexity index is 899. The van der Waals surface area contributed by atoms with Crippen molar-refractivity contribution in [2.24, 2.45) is 0 Å². The molecule has 25 heavy (non-hydrogen) atoms. The summed E-state index contributed by atoms with van der Waals surface area (Å²) < 4.78 is 6.90. The lowest BCUT2D eigenvalue weighted by molar-refractivity contribution is 0.0944. The topological polar surface area (TPSA) is 57.0 Å². The van der Waals surface area contributed by atoms with Crippen molar-refractivity contribution in [2.45, 2.75) is 27.2 Å². The Morgan fingerprint density at radius 1 is 1.04 bits per heavy atom. The maximum Gasteiger partial charge on any atom is 0.336 e. The van der Waals surface area contributed by atoms with E-state index in [1.807, 2.05) is 63.2 Å². The summed E-state index contributed by atoms with van der Waals surface area (Å²) in [5.41, 5.74) is 3.39. The third kappa shape index (κ3) is 3.45. The van der Waals surface area contributed by atoms with Gasteiger partial charge in [-0.3, -0.25) is 4.79 Å². The van der Waals surface area contributed by atoms with Gasteiger partial charge in [-0.2, -0.15) is 9.67 Å². The van der Waals surface area contributed by atoms with Crippen molar-refractivity contribution in [2.75, 3.05) is 6.61 Å². The zero-order chi connectivity index (χ0) is 17.8. The van der Waals surface area contributed by atoms with Gasteiger partial charge in [-0.05, 0) is 37.5 Å². The van der Waals surface area contributed by atoms with Crippen molar-refractivity contribution in [3.8, 4) is 17.4 Å². The Morgan fingerprint density at radius 3 is 2.40 bits per heavy atom. The maximum absolute atomic E-state index is 13.1. The third-order valence-corrected chi connectivity index (χ3v) is 3.98. The summed E-state index contributed by atoms with van der Waals surface area (Å²) in [5, 5.41) is 4.32. The molecule has 5 nitrogen and oxygen atoms in total. The molecule has 0 N–H and O–H groups in total. The van der Waals surface area contributed by atoms with Gasteiger partial charge in [0.25, 0.3) is 5.91 Å². The van der Waals surface area contributed by atoms with E-state index in [9.17, 15) is 4.79 Å². The number of aryl methyl sites for hydroxylation is 2. The van der Waals surface area contributed by atoms with E-state index in [0.717, 1.165) is 23.1 Å². The molecule has 1 heterocycles. The van der Waals surface area contributed by atoms with E-state index in [-0.39, 0.29) is 11.9 Å².